The first kappa shape index (κ1) is 8.09. The van der Waals surface area contributed by atoms with Crippen LogP contribution in [0.15, 0.2) is 17.0 Å². The first-order valence-electron chi connectivity index (χ1n) is 3.04. The predicted molar refractivity (Wildman–Crippen MR) is 43.1 cm³/mol. The second kappa shape index (κ2) is 2.93. The summed E-state index contributed by atoms with van der Waals surface area (Å²) >= 11 is 4.00. The number of nitrogens with zero attached hydrogens (tertiary/aromatic N) is 1. The fraction of sp³-hybridized carbons (Fsp3) is 0.125. The second-order valence-corrected chi connectivity index (χ2v) is 2.70. The van der Waals surface area contributed by atoms with E-state index in [9.17, 15) is 4.39 Å². The van der Waals surface area contributed by atoms with Crippen LogP contribution in [-0.4, -0.2) is 0 Å². The molecule has 0 atom stereocenters. The highest BCUT2D eigenvalue weighted by Gasteiger charge is 2.02. The Balaban J connectivity index is 3.35. The number of thiol groups is 1. The third kappa shape index (κ3) is 1.52. The van der Waals surface area contributed by atoms with Crippen LogP contribution < -0.4 is 0 Å². The van der Waals surface area contributed by atoms with Gasteiger partial charge in [0.2, 0.25) is 0 Å². The molecular weight excluding hydrogens is 161 g/mol. The van der Waals surface area contributed by atoms with E-state index >= 15 is 0 Å². The van der Waals surface area contributed by atoms with Crippen LogP contribution in [0.5, 0.6) is 0 Å². The maximum Gasteiger partial charge on any atom is 0.128 e. The molecule has 0 radical (unpaired) electrons. The Morgan fingerprint density at radius 2 is 2.18 bits per heavy atom. The number of benzene rings is 1. The molecule has 0 unspecified atom stereocenters. The highest BCUT2D eigenvalue weighted by molar-refractivity contribution is 7.80. The van der Waals surface area contributed by atoms with Gasteiger partial charge in [-0.3, -0.25) is 0 Å². The molecule has 0 aliphatic carbocycles. The molecule has 3 heteroatoms. The maximum absolute atomic E-state index is 12.8. The van der Waals surface area contributed by atoms with Crippen molar-refractivity contribution in [1.82, 2.24) is 0 Å². The molecular formula is C8H6FNS. The highest BCUT2D eigenvalue weighted by atomic mass is 32.1. The van der Waals surface area contributed by atoms with Crippen molar-refractivity contribution in [3.63, 3.8) is 0 Å². The molecule has 0 aliphatic heterocycles. The summed E-state index contributed by atoms with van der Waals surface area (Å²) in [5, 5.41) is 8.43. The average Bonchev–Trinajstić information content (AvgIpc) is 1.99. The van der Waals surface area contributed by atoms with Gasteiger partial charge in [-0.25, -0.2) is 4.39 Å². The van der Waals surface area contributed by atoms with Crippen molar-refractivity contribution in [2.24, 2.45) is 0 Å². The first-order valence-corrected chi connectivity index (χ1v) is 3.49. The van der Waals surface area contributed by atoms with E-state index in [-0.39, 0.29) is 5.82 Å². The van der Waals surface area contributed by atoms with Crippen LogP contribution in [0, 0.1) is 24.1 Å². The number of halogens is 1. The van der Waals surface area contributed by atoms with Gasteiger partial charge >= 0.3 is 0 Å². The lowest BCUT2D eigenvalue weighted by Crippen LogP contribution is -1.86. The molecule has 0 fully saturated rings. The molecule has 0 bridgehead atoms. The number of rotatable bonds is 0. The molecule has 11 heavy (non-hydrogen) atoms. The minimum Gasteiger partial charge on any atom is -0.207 e. The summed E-state index contributed by atoms with van der Waals surface area (Å²) in [5.74, 6) is -0.381. The predicted octanol–water partition coefficient (Wildman–Crippen LogP) is 2.29. The average molecular weight is 167 g/mol. The van der Waals surface area contributed by atoms with Crippen molar-refractivity contribution in [3.8, 4) is 6.07 Å². The Kier molecular flexibility index (Phi) is 2.16. The lowest BCUT2D eigenvalue weighted by atomic mass is 10.1. The summed E-state index contributed by atoms with van der Waals surface area (Å²) in [6.45, 7) is 1.62. The minimum atomic E-state index is -0.381. The van der Waals surface area contributed by atoms with Gasteiger partial charge < -0.3 is 0 Å². The van der Waals surface area contributed by atoms with Crippen LogP contribution in [0.2, 0.25) is 0 Å². The molecule has 0 aliphatic rings. The largest absolute Gasteiger partial charge is 0.207 e. The van der Waals surface area contributed by atoms with Crippen LogP contribution in [0.1, 0.15) is 11.1 Å². The van der Waals surface area contributed by atoms with Gasteiger partial charge in [0.1, 0.15) is 5.82 Å². The molecule has 1 aromatic rings. The van der Waals surface area contributed by atoms with E-state index in [0.717, 1.165) is 0 Å². The van der Waals surface area contributed by atoms with E-state index in [4.69, 9.17) is 5.26 Å². The number of hydrogen-bond acceptors (Lipinski definition) is 2. The normalized spacial score (nSPS) is 9.27. The summed E-state index contributed by atoms with van der Waals surface area (Å²) in [5.41, 5.74) is 0.783. The monoisotopic (exact) mass is 167 g/mol. The molecule has 0 N–H and O–H groups in total. The van der Waals surface area contributed by atoms with Gasteiger partial charge in [-0.2, -0.15) is 5.26 Å². The molecule has 1 aromatic carbocycles. The molecule has 0 spiro atoms. The van der Waals surface area contributed by atoms with Gasteiger partial charge in [-0.15, -0.1) is 12.6 Å². The van der Waals surface area contributed by atoms with Crippen LogP contribution in [0.3, 0.4) is 0 Å². The van der Waals surface area contributed by atoms with Gasteiger partial charge in [0.15, 0.2) is 0 Å². The van der Waals surface area contributed by atoms with E-state index in [1.807, 2.05) is 6.07 Å². The Morgan fingerprint density at radius 3 is 2.64 bits per heavy atom. The fourth-order valence-electron chi connectivity index (χ4n) is 0.729. The molecule has 0 heterocycles. The van der Waals surface area contributed by atoms with Crippen molar-refractivity contribution in [2.45, 2.75) is 11.8 Å². The molecule has 1 nitrogen and oxygen atoms in total. The van der Waals surface area contributed by atoms with Gasteiger partial charge in [0.25, 0.3) is 0 Å². The minimum absolute atomic E-state index is 0.304. The summed E-state index contributed by atoms with van der Waals surface area (Å²) in [4.78, 5) is 0.515. The summed E-state index contributed by atoms with van der Waals surface area (Å²) < 4.78 is 12.8. The van der Waals surface area contributed by atoms with Crippen molar-refractivity contribution >= 4 is 12.6 Å². The molecule has 0 aromatic heterocycles. The Hall–Kier alpha value is -1.01. The molecule has 0 amide bonds. The summed E-state index contributed by atoms with van der Waals surface area (Å²) in [7, 11) is 0. The van der Waals surface area contributed by atoms with Crippen molar-refractivity contribution in [1.29, 1.82) is 5.26 Å². The van der Waals surface area contributed by atoms with Gasteiger partial charge in [-0.1, -0.05) is 0 Å². The Bertz CT molecular complexity index is 304. The van der Waals surface area contributed by atoms with Crippen molar-refractivity contribution in [2.75, 3.05) is 0 Å². The SMILES string of the molecule is Cc1c(F)cc(C#N)cc1S. The van der Waals surface area contributed by atoms with Crippen LogP contribution >= 0.6 is 12.6 Å². The maximum atomic E-state index is 12.8. The molecule has 0 saturated heterocycles. The van der Waals surface area contributed by atoms with E-state index in [0.29, 0.717) is 16.0 Å². The lowest BCUT2D eigenvalue weighted by Gasteiger charge is -1.99. The van der Waals surface area contributed by atoms with Gasteiger partial charge in [-0.05, 0) is 24.6 Å². The highest BCUT2D eigenvalue weighted by Crippen LogP contribution is 2.17. The van der Waals surface area contributed by atoms with E-state index in [2.05, 4.69) is 12.6 Å². The van der Waals surface area contributed by atoms with E-state index in [1.165, 1.54) is 6.07 Å². The topological polar surface area (TPSA) is 23.8 Å². The van der Waals surface area contributed by atoms with Crippen molar-refractivity contribution in [3.05, 3.63) is 29.1 Å². The zero-order valence-corrected chi connectivity index (χ0v) is 6.82. The standard InChI is InChI=1S/C8H6FNS/c1-5-7(9)2-6(4-10)3-8(5)11/h2-3,11H,1H3. The first-order chi connectivity index (χ1) is 5.15. The van der Waals surface area contributed by atoms with Crippen LogP contribution in [0.25, 0.3) is 0 Å². The third-order valence-electron chi connectivity index (χ3n) is 1.45. The van der Waals surface area contributed by atoms with E-state index < -0.39 is 0 Å². The molecule has 56 valence electrons. The lowest BCUT2D eigenvalue weighted by molar-refractivity contribution is 0.613. The number of nitriles is 1. The third-order valence-corrected chi connectivity index (χ3v) is 1.91. The zero-order valence-electron chi connectivity index (χ0n) is 5.93. The molecule has 1 rings (SSSR count). The fourth-order valence-corrected chi connectivity index (χ4v) is 0.975. The van der Waals surface area contributed by atoms with Gasteiger partial charge in [0.05, 0.1) is 11.6 Å². The Morgan fingerprint density at radius 1 is 1.55 bits per heavy atom. The van der Waals surface area contributed by atoms with E-state index in [1.54, 1.807) is 13.0 Å². The zero-order chi connectivity index (χ0) is 8.43. The van der Waals surface area contributed by atoms with Crippen LogP contribution in [-0.2, 0) is 0 Å². The van der Waals surface area contributed by atoms with Gasteiger partial charge in [0, 0.05) is 4.90 Å². The smallest absolute Gasteiger partial charge is 0.128 e. The van der Waals surface area contributed by atoms with Crippen LogP contribution in [0.4, 0.5) is 4.39 Å². The summed E-state index contributed by atoms with van der Waals surface area (Å²) in [6.07, 6.45) is 0. The van der Waals surface area contributed by atoms with Crippen molar-refractivity contribution < 1.29 is 4.39 Å². The second-order valence-electron chi connectivity index (χ2n) is 2.21. The Labute approximate surface area is 69.9 Å². The quantitative estimate of drug-likeness (QED) is 0.589. The summed E-state index contributed by atoms with van der Waals surface area (Å²) in [6, 6.07) is 4.59. The number of hydrogen-bond donors (Lipinski definition) is 1. The molecule has 0 saturated carbocycles.